The van der Waals surface area contributed by atoms with Crippen molar-refractivity contribution in [3.63, 3.8) is 0 Å². The number of sulfone groups is 2. The van der Waals surface area contributed by atoms with E-state index >= 15 is 0 Å². The number of pyridine rings is 1. The van der Waals surface area contributed by atoms with Crippen molar-refractivity contribution in [3.05, 3.63) is 47.8 Å². The minimum Gasteiger partial charge on any atom is -0.406 e. The first-order valence-electron chi connectivity index (χ1n) is 9.51. The monoisotopic (exact) mass is 493 g/mol. The van der Waals surface area contributed by atoms with Crippen molar-refractivity contribution in [2.75, 3.05) is 12.9 Å². The molecule has 1 aromatic heterocycles. The maximum Gasteiger partial charge on any atom is 0.573 e. The lowest BCUT2D eigenvalue weighted by Crippen LogP contribution is -2.42. The quantitative estimate of drug-likeness (QED) is 0.625. The Labute approximate surface area is 184 Å². The van der Waals surface area contributed by atoms with Gasteiger partial charge < -0.3 is 9.47 Å². The Morgan fingerprint density at radius 3 is 2.44 bits per heavy atom. The van der Waals surface area contributed by atoms with E-state index in [4.69, 9.17) is 4.74 Å². The molecule has 0 radical (unpaired) electrons. The molecule has 2 unspecified atom stereocenters. The van der Waals surface area contributed by atoms with Crippen molar-refractivity contribution >= 4 is 19.7 Å². The van der Waals surface area contributed by atoms with Crippen LogP contribution in [0.4, 0.5) is 13.2 Å². The van der Waals surface area contributed by atoms with Crippen LogP contribution in [0.15, 0.2) is 46.3 Å². The molecule has 32 heavy (non-hydrogen) atoms. The maximum absolute atomic E-state index is 13.4. The van der Waals surface area contributed by atoms with Gasteiger partial charge in [-0.3, -0.25) is 4.98 Å². The predicted molar refractivity (Wildman–Crippen MR) is 109 cm³/mol. The van der Waals surface area contributed by atoms with Gasteiger partial charge in [0.05, 0.1) is 20.2 Å². The molecule has 1 aromatic carbocycles. The molecule has 7 nitrogen and oxygen atoms in total. The van der Waals surface area contributed by atoms with Crippen LogP contribution in [-0.4, -0.2) is 45.8 Å². The highest BCUT2D eigenvalue weighted by Gasteiger charge is 2.46. The number of alkyl halides is 3. The molecule has 0 aliphatic carbocycles. The summed E-state index contributed by atoms with van der Waals surface area (Å²) in [5.41, 5.74) is 0.938. The summed E-state index contributed by atoms with van der Waals surface area (Å²) in [5.74, 6) is -0.625. The Hall–Kier alpha value is -2.18. The zero-order chi connectivity index (χ0) is 23.9. The molecule has 0 N–H and O–H groups in total. The van der Waals surface area contributed by atoms with Crippen LogP contribution in [-0.2, 0) is 24.4 Å². The highest BCUT2D eigenvalue weighted by molar-refractivity contribution is 7.92. The molecular weight excluding hydrogens is 471 g/mol. The first kappa shape index (κ1) is 24.5. The number of ether oxygens (including phenoxy) is 2. The zero-order valence-electron chi connectivity index (χ0n) is 17.5. The molecule has 1 fully saturated rings. The highest BCUT2D eigenvalue weighted by atomic mass is 32.2. The van der Waals surface area contributed by atoms with Gasteiger partial charge in [-0.25, -0.2) is 16.8 Å². The number of hydrogen-bond donors (Lipinski definition) is 0. The first-order valence-corrected chi connectivity index (χ1v) is 12.9. The largest absolute Gasteiger partial charge is 0.573 e. The van der Waals surface area contributed by atoms with Crippen LogP contribution < -0.4 is 4.74 Å². The molecular formula is C20H22F3NO6S2. The minimum absolute atomic E-state index is 0.00818. The normalized spacial score (nSPS) is 22.5. The van der Waals surface area contributed by atoms with Gasteiger partial charge in [-0.2, -0.15) is 0 Å². The standard InChI is InChI=1S/C20H22F3NO6S2/c1-13-9-16(31(3,25)26)12-24-18(13)17-11-19(2,7-8-29-17)32(27,28)15-6-4-5-14(10-15)30-20(21,22)23/h4-6,9-10,12,17H,7-8,11H2,1-3H3. The molecule has 2 atom stereocenters. The molecule has 12 heteroatoms. The van der Waals surface area contributed by atoms with Crippen molar-refractivity contribution in [1.29, 1.82) is 0 Å². The lowest BCUT2D eigenvalue weighted by molar-refractivity contribution is -0.274. The predicted octanol–water partition coefficient (Wildman–Crippen LogP) is 3.78. The molecule has 0 saturated carbocycles. The van der Waals surface area contributed by atoms with E-state index in [2.05, 4.69) is 9.72 Å². The summed E-state index contributed by atoms with van der Waals surface area (Å²) in [4.78, 5) is 3.94. The van der Waals surface area contributed by atoms with Gasteiger partial charge in [0.15, 0.2) is 19.7 Å². The summed E-state index contributed by atoms with van der Waals surface area (Å²) in [7, 11) is -7.54. The van der Waals surface area contributed by atoms with E-state index in [0.29, 0.717) is 11.3 Å². The first-order chi connectivity index (χ1) is 14.6. The lowest BCUT2D eigenvalue weighted by Gasteiger charge is -2.37. The summed E-state index contributed by atoms with van der Waals surface area (Å²) in [6.45, 7) is 3.24. The van der Waals surface area contributed by atoms with Crippen molar-refractivity contribution in [1.82, 2.24) is 4.98 Å². The Kier molecular flexibility index (Phi) is 6.35. The Morgan fingerprint density at radius 1 is 1.16 bits per heavy atom. The second-order valence-corrected chi connectivity index (χ2v) is 12.4. The van der Waals surface area contributed by atoms with Gasteiger partial charge in [0.2, 0.25) is 0 Å². The number of hydrogen-bond acceptors (Lipinski definition) is 7. The van der Waals surface area contributed by atoms with Gasteiger partial charge in [-0.05, 0) is 56.5 Å². The van der Waals surface area contributed by atoms with Gasteiger partial charge in [-0.15, -0.1) is 13.2 Å². The van der Waals surface area contributed by atoms with Crippen LogP contribution in [0.3, 0.4) is 0 Å². The lowest BCUT2D eigenvalue weighted by atomic mass is 9.93. The summed E-state index contributed by atoms with van der Waals surface area (Å²) >= 11 is 0. The zero-order valence-corrected chi connectivity index (χ0v) is 19.1. The fourth-order valence-electron chi connectivity index (χ4n) is 3.61. The average Bonchev–Trinajstić information content (AvgIpc) is 2.66. The van der Waals surface area contributed by atoms with Crippen LogP contribution in [0.5, 0.6) is 5.75 Å². The molecule has 176 valence electrons. The molecule has 1 saturated heterocycles. The number of aryl methyl sites for hydroxylation is 1. The number of halogens is 3. The molecule has 1 aliphatic rings. The van der Waals surface area contributed by atoms with Gasteiger partial charge in [0.1, 0.15) is 11.9 Å². The Morgan fingerprint density at radius 2 is 1.84 bits per heavy atom. The van der Waals surface area contributed by atoms with E-state index in [-0.39, 0.29) is 29.2 Å². The third-order valence-corrected chi connectivity index (χ3v) is 9.01. The van der Waals surface area contributed by atoms with Gasteiger partial charge in [0.25, 0.3) is 0 Å². The summed E-state index contributed by atoms with van der Waals surface area (Å²) < 4.78 is 96.1. The second-order valence-electron chi connectivity index (χ2n) is 7.93. The van der Waals surface area contributed by atoms with Crippen LogP contribution in [0.2, 0.25) is 0 Å². The third kappa shape index (κ3) is 5.07. The van der Waals surface area contributed by atoms with E-state index < -0.39 is 42.6 Å². The number of rotatable bonds is 5. The molecule has 2 aromatic rings. The summed E-state index contributed by atoms with van der Waals surface area (Å²) in [5, 5.41) is 0. The fraction of sp³-hybridized carbons (Fsp3) is 0.450. The van der Waals surface area contributed by atoms with Crippen molar-refractivity contribution < 1.29 is 39.5 Å². The van der Waals surface area contributed by atoms with E-state index in [9.17, 15) is 30.0 Å². The van der Waals surface area contributed by atoms with Gasteiger partial charge in [-0.1, -0.05) is 6.07 Å². The van der Waals surface area contributed by atoms with Gasteiger partial charge in [0, 0.05) is 19.1 Å². The van der Waals surface area contributed by atoms with E-state index in [1.807, 2.05) is 0 Å². The minimum atomic E-state index is -4.95. The molecule has 3 rings (SSSR count). The van der Waals surface area contributed by atoms with E-state index in [1.165, 1.54) is 31.3 Å². The number of benzene rings is 1. The van der Waals surface area contributed by atoms with Gasteiger partial charge >= 0.3 is 6.36 Å². The molecule has 0 spiro atoms. The smallest absolute Gasteiger partial charge is 0.406 e. The Bertz CT molecular complexity index is 1230. The highest BCUT2D eigenvalue weighted by Crippen LogP contribution is 2.42. The summed E-state index contributed by atoms with van der Waals surface area (Å²) in [6, 6.07) is 5.73. The van der Waals surface area contributed by atoms with Crippen molar-refractivity contribution in [2.24, 2.45) is 0 Å². The average molecular weight is 494 g/mol. The topological polar surface area (TPSA) is 99.6 Å². The van der Waals surface area contributed by atoms with Crippen LogP contribution in [0.25, 0.3) is 0 Å². The number of aromatic nitrogens is 1. The van der Waals surface area contributed by atoms with Crippen LogP contribution in [0.1, 0.15) is 37.1 Å². The maximum atomic E-state index is 13.4. The molecule has 0 amide bonds. The second kappa shape index (κ2) is 8.31. The van der Waals surface area contributed by atoms with Crippen molar-refractivity contribution in [3.8, 4) is 5.75 Å². The number of nitrogens with zero attached hydrogens (tertiary/aromatic N) is 1. The van der Waals surface area contributed by atoms with E-state index in [1.54, 1.807) is 6.92 Å². The van der Waals surface area contributed by atoms with E-state index in [0.717, 1.165) is 18.4 Å². The third-order valence-electron chi connectivity index (χ3n) is 5.39. The SMILES string of the molecule is Cc1cc(S(C)(=O)=O)cnc1C1CC(C)(S(=O)(=O)c2cccc(OC(F)(F)F)c2)CCO1. The van der Waals surface area contributed by atoms with Crippen LogP contribution in [0, 0.1) is 6.92 Å². The van der Waals surface area contributed by atoms with Crippen LogP contribution >= 0.6 is 0 Å². The fourth-order valence-corrected chi connectivity index (χ4v) is 6.07. The molecule has 1 aliphatic heterocycles. The molecule has 0 bridgehead atoms. The Balaban J connectivity index is 1.93. The van der Waals surface area contributed by atoms with Crippen molar-refractivity contribution in [2.45, 2.75) is 53.7 Å². The summed E-state index contributed by atoms with van der Waals surface area (Å²) in [6.07, 6.45) is -3.31. The molecule has 2 heterocycles.